The predicted octanol–water partition coefficient (Wildman–Crippen LogP) is 8.30. The molecule has 2 aliphatic rings. The van der Waals surface area contributed by atoms with Crippen LogP contribution in [0.25, 0.3) is 68.6 Å². The number of rotatable bonds is 3. The van der Waals surface area contributed by atoms with E-state index in [1.54, 1.807) is 0 Å². The molecule has 0 aliphatic carbocycles. The molecule has 3 aromatic heterocycles. The Hall–Kier alpha value is -10.4. The highest BCUT2D eigenvalue weighted by atomic mass is 16.5. The van der Waals surface area contributed by atoms with Crippen LogP contribution in [0.3, 0.4) is 0 Å². The number of aromatic amines is 2. The smallest absolute Gasteiger partial charge is 0.140 e. The second-order valence-electron chi connectivity index (χ2n) is 12.6. The zero-order valence-electron chi connectivity index (χ0n) is 32.8. The van der Waals surface area contributed by atoms with Crippen molar-refractivity contribution >= 4 is 46.4 Å². The number of nitrogens with zero attached hydrogens (tertiary/aromatic N) is 2. The van der Waals surface area contributed by atoms with Crippen LogP contribution in [0.2, 0.25) is 0 Å². The van der Waals surface area contributed by atoms with E-state index in [0.29, 0.717) is 5.75 Å². The number of hydrogen-bond donors (Lipinski definition) is 2. The molecule has 0 saturated carbocycles. The molecule has 278 valence electrons. The molecule has 0 saturated heterocycles. The molecule has 0 spiro atoms. The highest BCUT2D eigenvalue weighted by Gasteiger charge is 2.13. The van der Waals surface area contributed by atoms with Crippen LogP contribution in [0.15, 0.2) is 84.9 Å². The largest absolute Gasteiger partial charge is 0.407 e. The number of aryl methyl sites for hydroxylation is 1. The van der Waals surface area contributed by atoms with E-state index < -0.39 is 0 Å². The molecular weight excluding hydrogens is 757 g/mol. The van der Waals surface area contributed by atoms with Gasteiger partial charge in [0.1, 0.15) is 11.9 Å². The Labute approximate surface area is 360 Å². The number of hydrogen-bond acceptors (Lipinski definition) is 3. The van der Waals surface area contributed by atoms with E-state index in [1.165, 1.54) is 5.56 Å². The molecule has 7 rings (SSSR count). The molecule has 0 unspecified atom stereocenters. The van der Waals surface area contributed by atoms with Crippen molar-refractivity contribution in [3.63, 3.8) is 0 Å². The van der Waals surface area contributed by atoms with Gasteiger partial charge >= 0.3 is 0 Å². The Balaban J connectivity index is 1.04. The first-order valence-electron chi connectivity index (χ1n) is 18.5. The van der Waals surface area contributed by atoms with Gasteiger partial charge in [0.25, 0.3) is 0 Å². The summed E-state index contributed by atoms with van der Waals surface area (Å²) in [6.45, 7) is 2.09. The second-order valence-corrected chi connectivity index (χ2v) is 12.6. The van der Waals surface area contributed by atoms with Gasteiger partial charge in [0.05, 0.1) is 22.8 Å². The molecule has 0 amide bonds. The van der Waals surface area contributed by atoms with Crippen molar-refractivity contribution in [1.29, 1.82) is 0 Å². The molecule has 5 aromatic rings. The SMILES string of the molecule is C#CC#CC#CC#CC#CC#CC#CC#CC#CC#CC#CC#COc1ccc(-c2c3nc(cc4ccc([nH]4)c(-c4ccc(C)cc4)c4nc(cc5ccc2[nH]5)C=C4)C=C3)cc1. The van der Waals surface area contributed by atoms with Gasteiger partial charge in [0.15, 0.2) is 0 Å². The van der Waals surface area contributed by atoms with Gasteiger partial charge in [0.2, 0.25) is 0 Å². The summed E-state index contributed by atoms with van der Waals surface area (Å²) in [5.74, 6) is 55.8. The summed E-state index contributed by atoms with van der Waals surface area (Å²) in [7, 11) is 0. The van der Waals surface area contributed by atoms with Crippen molar-refractivity contribution in [2.24, 2.45) is 0 Å². The Morgan fingerprint density at radius 1 is 0.435 bits per heavy atom. The lowest BCUT2D eigenvalue weighted by atomic mass is 10.0. The molecule has 0 radical (unpaired) electrons. The number of fused-ring (bicyclic) bond motifs is 8. The Bertz CT molecular complexity index is 3670. The monoisotopic (exact) mass is 780 g/mol. The van der Waals surface area contributed by atoms with Gasteiger partial charge in [0, 0.05) is 116 Å². The van der Waals surface area contributed by atoms with Gasteiger partial charge in [-0.25, -0.2) is 9.97 Å². The summed E-state index contributed by atoms with van der Waals surface area (Å²) >= 11 is 0. The van der Waals surface area contributed by atoms with Crippen LogP contribution in [0.4, 0.5) is 0 Å². The first kappa shape index (κ1) is 39.8. The zero-order valence-corrected chi connectivity index (χ0v) is 32.8. The normalized spacial score (nSPS) is 9.10. The number of terminal acetylenes is 1. The quantitative estimate of drug-likeness (QED) is 0.178. The Kier molecular flexibility index (Phi) is 13.2. The van der Waals surface area contributed by atoms with Crippen molar-refractivity contribution in [3.8, 4) is 171 Å². The topological polar surface area (TPSA) is 66.6 Å². The average molecular weight is 781 g/mol. The molecule has 5 heteroatoms. The first-order chi connectivity index (χ1) is 30.6. The summed E-state index contributed by atoms with van der Waals surface area (Å²) < 4.78 is 5.61. The predicted molar refractivity (Wildman–Crippen MR) is 249 cm³/mol. The van der Waals surface area contributed by atoms with E-state index >= 15 is 0 Å². The van der Waals surface area contributed by atoms with E-state index in [1.807, 2.05) is 60.7 Å². The molecule has 2 aliphatic heterocycles. The third kappa shape index (κ3) is 11.1. The van der Waals surface area contributed by atoms with E-state index in [0.717, 1.165) is 67.1 Å². The maximum Gasteiger partial charge on any atom is 0.140 e. The minimum atomic E-state index is 0.557. The molecular formula is C57H24N4O. The fourth-order valence-corrected chi connectivity index (χ4v) is 5.83. The molecule has 5 heterocycles. The third-order valence-electron chi connectivity index (χ3n) is 8.42. The van der Waals surface area contributed by atoms with Crippen LogP contribution in [-0.4, -0.2) is 19.9 Å². The van der Waals surface area contributed by atoms with Crippen molar-refractivity contribution in [2.75, 3.05) is 0 Å². The van der Waals surface area contributed by atoms with Crippen molar-refractivity contribution in [3.05, 3.63) is 113 Å². The summed E-state index contributed by atoms with van der Waals surface area (Å²) in [5.41, 5.74) is 12.3. The van der Waals surface area contributed by atoms with Crippen LogP contribution in [0, 0.1) is 150 Å². The highest BCUT2D eigenvalue weighted by molar-refractivity contribution is 5.93. The van der Waals surface area contributed by atoms with Crippen molar-refractivity contribution < 1.29 is 4.74 Å². The van der Waals surface area contributed by atoms with E-state index in [4.69, 9.17) is 21.1 Å². The van der Waals surface area contributed by atoms with Crippen LogP contribution < -0.4 is 4.74 Å². The van der Waals surface area contributed by atoms with Crippen LogP contribution in [0.5, 0.6) is 5.75 Å². The fourth-order valence-electron chi connectivity index (χ4n) is 5.83. The highest BCUT2D eigenvalue weighted by Crippen LogP contribution is 2.33. The average Bonchev–Trinajstić information content (AvgIpc) is 4.13. The zero-order chi connectivity index (χ0) is 42.6. The van der Waals surface area contributed by atoms with Crippen molar-refractivity contribution in [2.45, 2.75) is 6.92 Å². The Morgan fingerprint density at radius 3 is 1.24 bits per heavy atom. The minimum absolute atomic E-state index is 0.557. The molecule has 62 heavy (non-hydrogen) atoms. The van der Waals surface area contributed by atoms with E-state index in [9.17, 15) is 0 Å². The second kappa shape index (κ2) is 20.6. The molecule has 0 fully saturated rings. The number of benzene rings is 2. The summed E-state index contributed by atoms with van der Waals surface area (Å²) in [6, 6.07) is 28.5. The fraction of sp³-hybridized carbons (Fsp3) is 0.0175. The number of nitrogens with one attached hydrogen (secondary N) is 2. The van der Waals surface area contributed by atoms with Gasteiger partial charge in [-0.15, -0.1) is 6.42 Å². The number of H-pyrrole nitrogens is 2. The minimum Gasteiger partial charge on any atom is -0.407 e. The number of ether oxygens (including phenoxy) is 1. The lowest BCUT2D eigenvalue weighted by Gasteiger charge is -2.05. The first-order valence-corrected chi connectivity index (χ1v) is 18.5. The number of aromatic nitrogens is 4. The molecule has 0 atom stereocenters. The van der Waals surface area contributed by atoms with Crippen LogP contribution in [0.1, 0.15) is 28.3 Å². The van der Waals surface area contributed by atoms with Crippen LogP contribution in [-0.2, 0) is 0 Å². The lowest BCUT2D eigenvalue weighted by Crippen LogP contribution is -1.87. The van der Waals surface area contributed by atoms with Gasteiger partial charge in [-0.3, -0.25) is 0 Å². The molecule has 5 nitrogen and oxygen atoms in total. The molecule has 2 aromatic carbocycles. The third-order valence-corrected chi connectivity index (χ3v) is 8.42. The standard InChI is InChI=1S/C57H24N4O/c1-3-4-5-6-7-8-9-10-11-12-13-14-15-16-17-18-19-20-21-22-23-24-41-62-51-35-29-46(30-36-51)57-54-39-33-49(60-54)42-47-31-37-52(58-47)56(45-27-25-44(2)26-28-45)53-38-32-48(59-53)43-50-34-40-55(57)61-50/h1,25-40,42-43,58,61H,2H3. The Morgan fingerprint density at radius 2 is 0.823 bits per heavy atom. The summed E-state index contributed by atoms with van der Waals surface area (Å²) in [5, 5.41) is 0. The van der Waals surface area contributed by atoms with Gasteiger partial charge < -0.3 is 14.7 Å². The van der Waals surface area contributed by atoms with Gasteiger partial charge in [-0.2, -0.15) is 0 Å². The van der Waals surface area contributed by atoms with Crippen molar-refractivity contribution in [1.82, 2.24) is 19.9 Å². The summed E-state index contributed by atoms with van der Waals surface area (Å²) in [4.78, 5) is 17.3. The lowest BCUT2D eigenvalue weighted by molar-refractivity contribution is 0.520. The van der Waals surface area contributed by atoms with Gasteiger partial charge in [-0.05, 0) is 138 Å². The maximum atomic E-state index is 5.61. The molecule has 2 N–H and O–H groups in total. The van der Waals surface area contributed by atoms with Crippen LogP contribution >= 0.6 is 0 Å². The summed E-state index contributed by atoms with van der Waals surface area (Å²) in [6.07, 6.45) is 15.7. The van der Waals surface area contributed by atoms with Gasteiger partial charge in [-0.1, -0.05) is 42.0 Å². The van der Waals surface area contributed by atoms with E-state index in [-0.39, 0.29) is 0 Å². The maximum absolute atomic E-state index is 5.61. The van der Waals surface area contributed by atoms with E-state index in [2.05, 4.69) is 202 Å². The molecule has 8 bridgehead atoms.